The summed E-state index contributed by atoms with van der Waals surface area (Å²) in [6.45, 7) is 9.90. The highest BCUT2D eigenvalue weighted by atomic mass is 16.6. The number of hydrogen-bond donors (Lipinski definition) is 2. The summed E-state index contributed by atoms with van der Waals surface area (Å²) >= 11 is 0. The van der Waals surface area contributed by atoms with E-state index in [0.717, 1.165) is 32.2 Å². The van der Waals surface area contributed by atoms with Gasteiger partial charge in [0.15, 0.2) is 0 Å². The predicted molar refractivity (Wildman–Crippen MR) is 82.2 cm³/mol. The minimum Gasteiger partial charge on any atom is -0.444 e. The van der Waals surface area contributed by atoms with Crippen LogP contribution in [0.1, 0.15) is 53.4 Å². The first-order valence-corrected chi connectivity index (χ1v) is 8.12. The van der Waals surface area contributed by atoms with Gasteiger partial charge in [0, 0.05) is 25.7 Å². The summed E-state index contributed by atoms with van der Waals surface area (Å²) in [6, 6.07) is 0.232. The molecule has 0 spiro atoms. The molecule has 0 aromatic heterocycles. The SMILES string of the molecule is CC1CCN(C(=O)OC(C)(C)C)CC1NCC1(O)CCC1. The lowest BCUT2D eigenvalue weighted by atomic mass is 9.80. The fourth-order valence-corrected chi connectivity index (χ4v) is 2.91. The maximum Gasteiger partial charge on any atom is 0.410 e. The van der Waals surface area contributed by atoms with Gasteiger partial charge in [0.25, 0.3) is 0 Å². The van der Waals surface area contributed by atoms with E-state index in [-0.39, 0.29) is 12.1 Å². The fraction of sp³-hybridized carbons (Fsp3) is 0.938. The highest BCUT2D eigenvalue weighted by Gasteiger charge is 2.37. The first-order valence-electron chi connectivity index (χ1n) is 8.12. The third-order valence-electron chi connectivity index (χ3n) is 4.59. The number of likely N-dealkylation sites (tertiary alicyclic amines) is 1. The van der Waals surface area contributed by atoms with Gasteiger partial charge in [-0.3, -0.25) is 0 Å². The van der Waals surface area contributed by atoms with Crippen molar-refractivity contribution in [1.82, 2.24) is 10.2 Å². The molecule has 122 valence electrons. The van der Waals surface area contributed by atoms with Gasteiger partial charge in [0.2, 0.25) is 0 Å². The molecule has 2 rings (SSSR count). The van der Waals surface area contributed by atoms with E-state index < -0.39 is 11.2 Å². The van der Waals surface area contributed by atoms with E-state index in [1.165, 1.54) is 0 Å². The first-order chi connectivity index (χ1) is 9.69. The molecule has 2 unspecified atom stereocenters. The van der Waals surface area contributed by atoms with Crippen LogP contribution in [0.25, 0.3) is 0 Å². The summed E-state index contributed by atoms with van der Waals surface area (Å²) in [6.07, 6.45) is 3.62. The Labute approximate surface area is 128 Å². The van der Waals surface area contributed by atoms with Crippen molar-refractivity contribution in [3.05, 3.63) is 0 Å². The van der Waals surface area contributed by atoms with E-state index in [2.05, 4.69) is 12.2 Å². The average molecular weight is 298 g/mol. The molecule has 5 heteroatoms. The molecule has 0 bridgehead atoms. The van der Waals surface area contributed by atoms with Crippen LogP contribution in [-0.2, 0) is 4.74 Å². The van der Waals surface area contributed by atoms with Gasteiger partial charge in [-0.1, -0.05) is 6.92 Å². The van der Waals surface area contributed by atoms with Crippen molar-refractivity contribution in [2.24, 2.45) is 5.92 Å². The molecule has 0 aromatic rings. The number of ether oxygens (including phenoxy) is 1. The normalized spacial score (nSPS) is 28.9. The summed E-state index contributed by atoms with van der Waals surface area (Å²) in [7, 11) is 0. The lowest BCUT2D eigenvalue weighted by Crippen LogP contribution is -2.56. The van der Waals surface area contributed by atoms with E-state index >= 15 is 0 Å². The molecule has 5 nitrogen and oxygen atoms in total. The van der Waals surface area contributed by atoms with Crippen molar-refractivity contribution in [2.45, 2.75) is 70.6 Å². The van der Waals surface area contributed by atoms with Crippen LogP contribution in [0.15, 0.2) is 0 Å². The Morgan fingerprint density at radius 3 is 2.62 bits per heavy atom. The van der Waals surface area contributed by atoms with Crippen molar-refractivity contribution in [3.63, 3.8) is 0 Å². The molecule has 2 atom stereocenters. The zero-order chi connectivity index (χ0) is 15.7. The standard InChI is InChI=1S/C16H30N2O3/c1-12-6-9-18(14(19)21-15(2,3)4)10-13(12)17-11-16(20)7-5-8-16/h12-13,17,20H,5-11H2,1-4H3. The first kappa shape index (κ1) is 16.6. The third-order valence-corrected chi connectivity index (χ3v) is 4.59. The van der Waals surface area contributed by atoms with E-state index in [0.29, 0.717) is 19.0 Å². The Bertz CT molecular complexity index is 374. The summed E-state index contributed by atoms with van der Waals surface area (Å²) in [5, 5.41) is 13.6. The number of rotatable bonds is 3. The van der Waals surface area contributed by atoms with Crippen LogP contribution < -0.4 is 5.32 Å². The van der Waals surface area contributed by atoms with Gasteiger partial charge in [0.05, 0.1) is 5.60 Å². The minimum atomic E-state index is -0.520. The van der Waals surface area contributed by atoms with Crippen LogP contribution in [0.5, 0.6) is 0 Å². The molecule has 1 saturated carbocycles. The minimum absolute atomic E-state index is 0.232. The van der Waals surface area contributed by atoms with E-state index in [4.69, 9.17) is 4.74 Å². The Balaban J connectivity index is 1.85. The van der Waals surface area contributed by atoms with Crippen LogP contribution in [0.3, 0.4) is 0 Å². The third kappa shape index (κ3) is 4.58. The molecule has 2 fully saturated rings. The highest BCUT2D eigenvalue weighted by Crippen LogP contribution is 2.31. The average Bonchev–Trinajstić information content (AvgIpc) is 2.33. The topological polar surface area (TPSA) is 61.8 Å². The molecule has 1 amide bonds. The van der Waals surface area contributed by atoms with E-state index in [1.54, 1.807) is 4.90 Å². The lowest BCUT2D eigenvalue weighted by Gasteiger charge is -2.42. The highest BCUT2D eigenvalue weighted by molar-refractivity contribution is 5.68. The maximum absolute atomic E-state index is 12.2. The smallest absolute Gasteiger partial charge is 0.410 e. The molecular weight excluding hydrogens is 268 g/mol. The zero-order valence-corrected chi connectivity index (χ0v) is 13.8. The number of hydrogen-bond acceptors (Lipinski definition) is 4. The van der Waals surface area contributed by atoms with Crippen LogP contribution in [0.2, 0.25) is 0 Å². The Morgan fingerprint density at radius 2 is 2.10 bits per heavy atom. The monoisotopic (exact) mass is 298 g/mol. The summed E-state index contributed by atoms with van der Waals surface area (Å²) in [5.74, 6) is 0.507. The Hall–Kier alpha value is -0.810. The van der Waals surface area contributed by atoms with Gasteiger partial charge in [-0.15, -0.1) is 0 Å². The number of nitrogens with zero attached hydrogens (tertiary/aromatic N) is 1. The van der Waals surface area contributed by atoms with Crippen molar-refractivity contribution in [2.75, 3.05) is 19.6 Å². The number of aliphatic hydroxyl groups is 1. The molecule has 1 aliphatic carbocycles. The second kappa shape index (κ2) is 6.13. The van der Waals surface area contributed by atoms with Crippen LogP contribution in [0.4, 0.5) is 4.79 Å². The van der Waals surface area contributed by atoms with Crippen molar-refractivity contribution in [3.8, 4) is 0 Å². The van der Waals surface area contributed by atoms with Gasteiger partial charge in [0.1, 0.15) is 5.60 Å². The quantitative estimate of drug-likeness (QED) is 0.838. The van der Waals surface area contributed by atoms with Crippen LogP contribution in [0, 0.1) is 5.92 Å². The number of nitrogens with one attached hydrogen (secondary N) is 1. The number of carbonyl (C=O) groups excluding carboxylic acids is 1. The summed E-state index contributed by atoms with van der Waals surface area (Å²) in [4.78, 5) is 13.9. The van der Waals surface area contributed by atoms with Gasteiger partial charge < -0.3 is 20.1 Å². The van der Waals surface area contributed by atoms with Gasteiger partial charge >= 0.3 is 6.09 Å². The molecule has 1 saturated heterocycles. The Morgan fingerprint density at radius 1 is 1.43 bits per heavy atom. The molecule has 0 radical (unpaired) electrons. The maximum atomic E-state index is 12.2. The van der Waals surface area contributed by atoms with Crippen LogP contribution in [-0.4, -0.2) is 53.0 Å². The second-order valence-corrected chi connectivity index (χ2v) is 7.76. The molecule has 21 heavy (non-hydrogen) atoms. The van der Waals surface area contributed by atoms with Gasteiger partial charge in [-0.2, -0.15) is 0 Å². The molecule has 1 heterocycles. The number of amides is 1. The lowest BCUT2D eigenvalue weighted by molar-refractivity contribution is -0.0371. The van der Waals surface area contributed by atoms with Crippen molar-refractivity contribution < 1.29 is 14.6 Å². The fourth-order valence-electron chi connectivity index (χ4n) is 2.91. The largest absolute Gasteiger partial charge is 0.444 e. The number of piperidine rings is 1. The van der Waals surface area contributed by atoms with Gasteiger partial charge in [-0.25, -0.2) is 4.79 Å². The second-order valence-electron chi connectivity index (χ2n) is 7.76. The molecule has 1 aliphatic heterocycles. The van der Waals surface area contributed by atoms with E-state index in [9.17, 15) is 9.90 Å². The zero-order valence-electron chi connectivity index (χ0n) is 13.8. The molecule has 0 aromatic carbocycles. The Kier molecular flexibility index (Phi) is 4.83. The van der Waals surface area contributed by atoms with Crippen molar-refractivity contribution in [1.29, 1.82) is 0 Å². The number of carbonyl (C=O) groups is 1. The van der Waals surface area contributed by atoms with E-state index in [1.807, 2.05) is 20.8 Å². The van der Waals surface area contributed by atoms with Gasteiger partial charge in [-0.05, 0) is 52.4 Å². The molecular formula is C16H30N2O3. The van der Waals surface area contributed by atoms with Crippen molar-refractivity contribution >= 4 is 6.09 Å². The summed E-state index contributed by atoms with van der Waals surface area (Å²) in [5.41, 5.74) is -0.974. The predicted octanol–water partition coefficient (Wildman–Crippen LogP) is 2.14. The van der Waals surface area contributed by atoms with Crippen LogP contribution >= 0.6 is 0 Å². The molecule has 2 N–H and O–H groups in total. The molecule has 2 aliphatic rings. The summed E-state index contributed by atoms with van der Waals surface area (Å²) < 4.78 is 5.45.